The zero-order valence-electron chi connectivity index (χ0n) is 24.0. The fourth-order valence-electron chi connectivity index (χ4n) is 4.93. The number of ether oxygens (including phenoxy) is 2. The predicted molar refractivity (Wildman–Crippen MR) is 166 cm³/mol. The standard InChI is InChI=1S/C35H35N3O4/c1-26(35(40)38-23-21-37(22-24-38)31-11-7-4-8-12-31)33(42-25-27-9-5-3-6-10-27)28-13-17-30(18-14-28)36-34(39)29-15-19-32(41-2)20-16-29/h3-20H,21-25H2,1-2H3,(H,36,39)/b33-26+. The fourth-order valence-corrected chi connectivity index (χ4v) is 4.93. The van der Waals surface area contributed by atoms with Crippen LogP contribution in [0.15, 0.2) is 115 Å². The van der Waals surface area contributed by atoms with Gasteiger partial charge in [-0.2, -0.15) is 0 Å². The van der Waals surface area contributed by atoms with Crippen molar-refractivity contribution in [1.29, 1.82) is 0 Å². The van der Waals surface area contributed by atoms with Gasteiger partial charge in [-0.3, -0.25) is 9.59 Å². The van der Waals surface area contributed by atoms with E-state index in [1.165, 1.54) is 5.69 Å². The monoisotopic (exact) mass is 561 g/mol. The van der Waals surface area contributed by atoms with Crippen molar-refractivity contribution in [3.05, 3.63) is 131 Å². The summed E-state index contributed by atoms with van der Waals surface area (Å²) in [6.45, 7) is 4.96. The molecule has 0 spiro atoms. The minimum absolute atomic E-state index is 0.0392. The van der Waals surface area contributed by atoms with Crippen LogP contribution in [-0.2, 0) is 16.1 Å². The van der Waals surface area contributed by atoms with Gasteiger partial charge in [-0.05, 0) is 73.2 Å². The Morgan fingerprint density at radius 2 is 1.33 bits per heavy atom. The molecule has 1 aliphatic heterocycles. The Labute approximate surface area is 247 Å². The number of benzene rings is 4. The summed E-state index contributed by atoms with van der Waals surface area (Å²) in [4.78, 5) is 30.6. The van der Waals surface area contributed by atoms with Crippen molar-refractivity contribution < 1.29 is 19.1 Å². The number of nitrogens with one attached hydrogen (secondary N) is 1. The van der Waals surface area contributed by atoms with Gasteiger partial charge in [-0.25, -0.2) is 0 Å². The maximum absolute atomic E-state index is 13.7. The lowest BCUT2D eigenvalue weighted by Crippen LogP contribution is -2.49. The minimum Gasteiger partial charge on any atom is -0.497 e. The molecule has 7 nitrogen and oxygen atoms in total. The molecule has 7 heteroatoms. The Bertz CT molecular complexity index is 1510. The van der Waals surface area contributed by atoms with E-state index in [1.54, 1.807) is 31.4 Å². The summed E-state index contributed by atoms with van der Waals surface area (Å²) in [5.41, 5.74) is 4.66. The van der Waals surface area contributed by atoms with E-state index in [0.717, 1.165) is 24.2 Å². The van der Waals surface area contributed by atoms with Gasteiger partial charge >= 0.3 is 0 Å². The second kappa shape index (κ2) is 13.5. The lowest BCUT2D eigenvalue weighted by Gasteiger charge is -2.36. The van der Waals surface area contributed by atoms with Crippen LogP contribution in [0, 0.1) is 0 Å². The van der Waals surface area contributed by atoms with Crippen molar-refractivity contribution in [3.8, 4) is 5.75 Å². The van der Waals surface area contributed by atoms with Crippen molar-refractivity contribution in [3.63, 3.8) is 0 Å². The van der Waals surface area contributed by atoms with Gasteiger partial charge in [0.1, 0.15) is 18.1 Å². The highest BCUT2D eigenvalue weighted by molar-refractivity contribution is 6.04. The number of carbonyl (C=O) groups is 2. The van der Waals surface area contributed by atoms with Crippen LogP contribution in [0.5, 0.6) is 5.75 Å². The van der Waals surface area contributed by atoms with Gasteiger partial charge in [0, 0.05) is 48.7 Å². The largest absolute Gasteiger partial charge is 0.497 e. The van der Waals surface area contributed by atoms with Crippen molar-refractivity contribution >= 4 is 28.9 Å². The first-order chi connectivity index (χ1) is 20.5. The van der Waals surface area contributed by atoms with Gasteiger partial charge in [0.05, 0.1) is 12.7 Å². The van der Waals surface area contributed by atoms with Crippen LogP contribution in [0.2, 0.25) is 0 Å². The zero-order chi connectivity index (χ0) is 29.3. The van der Waals surface area contributed by atoms with E-state index in [9.17, 15) is 9.59 Å². The molecular formula is C35H35N3O4. The first-order valence-corrected chi connectivity index (χ1v) is 14.0. The molecule has 0 bridgehead atoms. The number of anilines is 2. The van der Waals surface area contributed by atoms with Gasteiger partial charge in [-0.1, -0.05) is 48.5 Å². The number of piperazine rings is 1. The highest BCUT2D eigenvalue weighted by Crippen LogP contribution is 2.26. The van der Waals surface area contributed by atoms with Crippen LogP contribution >= 0.6 is 0 Å². The molecular weight excluding hydrogens is 526 g/mol. The lowest BCUT2D eigenvalue weighted by molar-refractivity contribution is -0.127. The molecule has 1 heterocycles. The van der Waals surface area contributed by atoms with Gasteiger partial charge in [-0.15, -0.1) is 0 Å². The van der Waals surface area contributed by atoms with Crippen LogP contribution in [0.1, 0.15) is 28.4 Å². The van der Waals surface area contributed by atoms with E-state index >= 15 is 0 Å². The van der Waals surface area contributed by atoms with E-state index in [0.29, 0.717) is 48.0 Å². The molecule has 5 rings (SSSR count). The second-order valence-electron chi connectivity index (χ2n) is 10.1. The summed E-state index contributed by atoms with van der Waals surface area (Å²) in [7, 11) is 1.59. The Morgan fingerprint density at radius 1 is 0.738 bits per heavy atom. The Morgan fingerprint density at radius 3 is 1.95 bits per heavy atom. The molecule has 0 radical (unpaired) electrons. The van der Waals surface area contributed by atoms with Gasteiger partial charge in [0.15, 0.2) is 0 Å². The van der Waals surface area contributed by atoms with E-state index in [4.69, 9.17) is 9.47 Å². The molecule has 1 aliphatic rings. The fraction of sp³-hybridized carbons (Fsp3) is 0.200. The Hall–Kier alpha value is -5.04. The number of para-hydroxylation sites is 1. The summed E-state index contributed by atoms with van der Waals surface area (Å²) in [5, 5.41) is 2.92. The van der Waals surface area contributed by atoms with Crippen LogP contribution in [0.4, 0.5) is 11.4 Å². The molecule has 0 aromatic heterocycles. The summed E-state index contributed by atoms with van der Waals surface area (Å²) in [6, 6.07) is 34.5. The molecule has 0 aliphatic carbocycles. The number of hydrogen-bond donors (Lipinski definition) is 1. The third kappa shape index (κ3) is 6.99. The summed E-state index contributed by atoms with van der Waals surface area (Å²) < 4.78 is 11.5. The molecule has 4 aromatic rings. The van der Waals surface area contributed by atoms with E-state index < -0.39 is 0 Å². The Kier molecular flexibility index (Phi) is 9.19. The molecule has 1 N–H and O–H groups in total. The van der Waals surface area contributed by atoms with Crippen molar-refractivity contribution in [2.45, 2.75) is 13.5 Å². The Balaban J connectivity index is 1.32. The first kappa shape index (κ1) is 28.5. The number of carbonyl (C=O) groups excluding carboxylic acids is 2. The molecule has 1 saturated heterocycles. The van der Waals surface area contributed by atoms with Crippen LogP contribution in [-0.4, -0.2) is 50.0 Å². The van der Waals surface area contributed by atoms with Crippen molar-refractivity contribution in [1.82, 2.24) is 4.90 Å². The molecule has 42 heavy (non-hydrogen) atoms. The maximum atomic E-state index is 13.7. The summed E-state index contributed by atoms with van der Waals surface area (Å²) in [5.74, 6) is 0.959. The van der Waals surface area contributed by atoms with Crippen LogP contribution < -0.4 is 15.0 Å². The van der Waals surface area contributed by atoms with E-state index in [1.807, 2.05) is 84.6 Å². The molecule has 214 valence electrons. The third-order valence-electron chi connectivity index (χ3n) is 7.33. The molecule has 2 amide bonds. The number of hydrogen-bond acceptors (Lipinski definition) is 5. The number of rotatable bonds is 9. The van der Waals surface area contributed by atoms with Crippen LogP contribution in [0.25, 0.3) is 5.76 Å². The molecule has 1 fully saturated rings. The summed E-state index contributed by atoms with van der Waals surface area (Å²) >= 11 is 0. The normalized spacial score (nSPS) is 13.7. The van der Waals surface area contributed by atoms with Crippen molar-refractivity contribution in [2.75, 3.05) is 43.5 Å². The number of nitrogens with zero attached hydrogens (tertiary/aromatic N) is 2. The molecule has 0 saturated carbocycles. The third-order valence-corrected chi connectivity index (χ3v) is 7.33. The lowest BCUT2D eigenvalue weighted by atomic mass is 10.1. The highest BCUT2D eigenvalue weighted by atomic mass is 16.5. The predicted octanol–water partition coefficient (Wildman–Crippen LogP) is 6.24. The van der Waals surface area contributed by atoms with Gasteiger partial charge in [0.25, 0.3) is 11.8 Å². The average Bonchev–Trinajstić information content (AvgIpc) is 3.06. The summed E-state index contributed by atoms with van der Waals surface area (Å²) in [6.07, 6.45) is 0. The number of methoxy groups -OCH3 is 1. The second-order valence-corrected chi connectivity index (χ2v) is 10.1. The smallest absolute Gasteiger partial charge is 0.255 e. The molecule has 0 unspecified atom stereocenters. The van der Waals surface area contributed by atoms with Gasteiger partial charge < -0.3 is 24.6 Å². The maximum Gasteiger partial charge on any atom is 0.255 e. The first-order valence-electron chi connectivity index (χ1n) is 14.0. The van der Waals surface area contributed by atoms with E-state index in [-0.39, 0.29) is 11.8 Å². The topological polar surface area (TPSA) is 71.1 Å². The van der Waals surface area contributed by atoms with Crippen molar-refractivity contribution in [2.24, 2.45) is 0 Å². The van der Waals surface area contributed by atoms with Crippen LogP contribution in [0.3, 0.4) is 0 Å². The SMILES string of the molecule is COc1ccc(C(=O)Nc2ccc(/C(OCc3ccccc3)=C(/C)C(=O)N3CCN(c4ccccc4)CC3)cc2)cc1. The molecule has 4 aromatic carbocycles. The minimum atomic E-state index is -0.220. The highest BCUT2D eigenvalue weighted by Gasteiger charge is 2.25. The molecule has 0 atom stereocenters. The quantitative estimate of drug-likeness (QED) is 0.193. The zero-order valence-corrected chi connectivity index (χ0v) is 24.0. The van der Waals surface area contributed by atoms with E-state index in [2.05, 4.69) is 22.3 Å². The number of amides is 2. The average molecular weight is 562 g/mol. The van der Waals surface area contributed by atoms with Gasteiger partial charge in [0.2, 0.25) is 0 Å².